The van der Waals surface area contributed by atoms with Gasteiger partial charge in [-0.1, -0.05) is 13.8 Å². The van der Waals surface area contributed by atoms with Crippen LogP contribution in [0.5, 0.6) is 0 Å². The smallest absolute Gasteiger partial charge is 0.0767 e. The molecule has 5 heteroatoms. The highest BCUT2D eigenvalue weighted by molar-refractivity contribution is 9.10. The third-order valence-corrected chi connectivity index (χ3v) is 4.18. The first-order chi connectivity index (χ1) is 9.07. The summed E-state index contributed by atoms with van der Waals surface area (Å²) in [6, 6.07) is 2.30. The van der Waals surface area contributed by atoms with Crippen molar-refractivity contribution in [3.8, 4) is 6.07 Å². The molecule has 0 aliphatic heterocycles. The number of nitrogens with zero attached hydrogens (tertiary/aromatic N) is 4. The molecule has 19 heavy (non-hydrogen) atoms. The number of nitriles is 1. The van der Waals surface area contributed by atoms with Crippen LogP contribution in [-0.4, -0.2) is 27.8 Å². The first-order valence-electron chi connectivity index (χ1n) is 6.93. The van der Waals surface area contributed by atoms with Gasteiger partial charge in [0, 0.05) is 19.6 Å². The van der Waals surface area contributed by atoms with Crippen LogP contribution in [0.4, 0.5) is 0 Å². The molecule has 1 heterocycles. The summed E-state index contributed by atoms with van der Waals surface area (Å²) in [5.41, 5.74) is 2.33. The van der Waals surface area contributed by atoms with Crippen LogP contribution in [0.25, 0.3) is 0 Å². The van der Waals surface area contributed by atoms with Gasteiger partial charge in [0.05, 0.1) is 27.8 Å². The molecule has 1 rings (SSSR count). The monoisotopic (exact) mass is 326 g/mol. The van der Waals surface area contributed by atoms with Gasteiger partial charge in [-0.3, -0.25) is 9.58 Å². The number of halogens is 1. The van der Waals surface area contributed by atoms with Gasteiger partial charge < -0.3 is 0 Å². The van der Waals surface area contributed by atoms with Crippen molar-refractivity contribution in [3.63, 3.8) is 0 Å². The van der Waals surface area contributed by atoms with E-state index in [9.17, 15) is 0 Å². The summed E-state index contributed by atoms with van der Waals surface area (Å²) >= 11 is 3.67. The average molecular weight is 327 g/mol. The van der Waals surface area contributed by atoms with Crippen LogP contribution in [0.3, 0.4) is 0 Å². The average Bonchev–Trinajstić information content (AvgIpc) is 2.73. The molecule has 106 valence electrons. The summed E-state index contributed by atoms with van der Waals surface area (Å²) in [5.74, 6) is 0.0577. The first-order valence-corrected chi connectivity index (χ1v) is 7.72. The minimum atomic E-state index is 0.0577. The van der Waals surface area contributed by atoms with Crippen molar-refractivity contribution < 1.29 is 0 Å². The Balaban J connectivity index is 2.90. The lowest BCUT2D eigenvalue weighted by Gasteiger charge is -2.22. The van der Waals surface area contributed by atoms with Gasteiger partial charge in [0.15, 0.2) is 0 Å². The van der Waals surface area contributed by atoms with E-state index >= 15 is 0 Å². The Morgan fingerprint density at radius 1 is 1.42 bits per heavy atom. The topological polar surface area (TPSA) is 44.9 Å². The van der Waals surface area contributed by atoms with Crippen molar-refractivity contribution in [1.82, 2.24) is 14.7 Å². The quantitative estimate of drug-likeness (QED) is 0.772. The van der Waals surface area contributed by atoms with Crippen molar-refractivity contribution in [1.29, 1.82) is 5.26 Å². The highest BCUT2D eigenvalue weighted by Crippen LogP contribution is 2.24. The van der Waals surface area contributed by atoms with E-state index < -0.39 is 0 Å². The molecule has 0 aromatic carbocycles. The fourth-order valence-electron chi connectivity index (χ4n) is 2.11. The van der Waals surface area contributed by atoms with E-state index in [4.69, 9.17) is 5.26 Å². The predicted molar refractivity (Wildman–Crippen MR) is 80.7 cm³/mol. The first kappa shape index (κ1) is 16.2. The van der Waals surface area contributed by atoms with Crippen LogP contribution in [0.2, 0.25) is 0 Å². The van der Waals surface area contributed by atoms with Gasteiger partial charge in [-0.05, 0) is 42.7 Å². The maximum Gasteiger partial charge on any atom is 0.0767 e. The molecule has 1 unspecified atom stereocenters. The van der Waals surface area contributed by atoms with E-state index in [0.29, 0.717) is 0 Å². The van der Waals surface area contributed by atoms with Crippen LogP contribution >= 0.6 is 15.9 Å². The third-order valence-electron chi connectivity index (χ3n) is 3.27. The molecule has 0 bridgehead atoms. The van der Waals surface area contributed by atoms with Gasteiger partial charge in [0.2, 0.25) is 0 Å². The highest BCUT2D eigenvalue weighted by Gasteiger charge is 2.17. The summed E-state index contributed by atoms with van der Waals surface area (Å²) < 4.78 is 3.18. The molecule has 0 amide bonds. The summed E-state index contributed by atoms with van der Waals surface area (Å²) in [5, 5.41) is 13.6. The van der Waals surface area contributed by atoms with Crippen molar-refractivity contribution in [3.05, 3.63) is 15.9 Å². The molecule has 0 N–H and O–H groups in total. The number of hydrogen-bond acceptors (Lipinski definition) is 3. The van der Waals surface area contributed by atoms with E-state index in [1.54, 1.807) is 0 Å². The molecule has 4 nitrogen and oxygen atoms in total. The molecular formula is C14H23BrN4. The largest absolute Gasteiger partial charge is 0.296 e. The van der Waals surface area contributed by atoms with Crippen molar-refractivity contribution in [2.45, 2.75) is 47.2 Å². The predicted octanol–water partition coefficient (Wildman–Crippen LogP) is 3.21. The number of hydrogen-bond donors (Lipinski definition) is 0. The van der Waals surface area contributed by atoms with Crippen LogP contribution in [0, 0.1) is 17.2 Å². The lowest BCUT2D eigenvalue weighted by molar-refractivity contribution is 0.252. The van der Waals surface area contributed by atoms with Crippen molar-refractivity contribution in [2.24, 2.45) is 5.92 Å². The van der Waals surface area contributed by atoms with Gasteiger partial charge in [-0.25, -0.2) is 0 Å². The summed E-state index contributed by atoms with van der Waals surface area (Å²) in [4.78, 5) is 2.29. The fraction of sp³-hybridized carbons (Fsp3) is 0.714. The zero-order valence-corrected chi connectivity index (χ0v) is 13.9. The highest BCUT2D eigenvalue weighted by atomic mass is 79.9. The van der Waals surface area contributed by atoms with Crippen molar-refractivity contribution >= 4 is 15.9 Å². The van der Waals surface area contributed by atoms with Gasteiger partial charge in [0.25, 0.3) is 0 Å². The van der Waals surface area contributed by atoms with E-state index in [1.165, 1.54) is 5.69 Å². The Morgan fingerprint density at radius 3 is 2.58 bits per heavy atom. The Kier molecular flexibility index (Phi) is 6.53. The molecule has 0 radical (unpaired) electrons. The summed E-state index contributed by atoms with van der Waals surface area (Å²) in [7, 11) is 0. The number of aromatic nitrogens is 2. The molecule has 0 saturated carbocycles. The van der Waals surface area contributed by atoms with Crippen LogP contribution in [0.1, 0.15) is 39.1 Å². The lowest BCUT2D eigenvalue weighted by atomic mass is 10.2. The molecular weight excluding hydrogens is 304 g/mol. The maximum atomic E-state index is 8.94. The molecule has 0 aliphatic rings. The zero-order chi connectivity index (χ0) is 14.4. The van der Waals surface area contributed by atoms with E-state index in [2.05, 4.69) is 57.5 Å². The summed E-state index contributed by atoms with van der Waals surface area (Å²) in [6.07, 6.45) is 0.932. The molecule has 0 fully saturated rings. The van der Waals surface area contributed by atoms with E-state index in [1.807, 2.05) is 6.92 Å². The molecule has 1 aromatic heterocycles. The minimum Gasteiger partial charge on any atom is -0.296 e. The number of aryl methyl sites for hydroxylation is 2. The Labute approximate surface area is 124 Å². The van der Waals surface area contributed by atoms with Crippen LogP contribution < -0.4 is 0 Å². The summed E-state index contributed by atoms with van der Waals surface area (Å²) in [6.45, 7) is 11.8. The Hall–Kier alpha value is -0.860. The van der Waals surface area contributed by atoms with Gasteiger partial charge in [-0.15, -0.1) is 0 Å². The second kappa shape index (κ2) is 7.66. The maximum absolute atomic E-state index is 8.94. The molecule has 0 aliphatic carbocycles. The van der Waals surface area contributed by atoms with Gasteiger partial charge in [-0.2, -0.15) is 10.4 Å². The second-order valence-corrected chi connectivity index (χ2v) is 5.53. The molecule has 1 atom stereocenters. The van der Waals surface area contributed by atoms with Gasteiger partial charge >= 0.3 is 0 Å². The standard InChI is InChI=1S/C14H23BrN4/c1-5-12-14(15)13(19(7-3)17-12)10-18(6-2)9-11(4)8-16/h11H,5-7,9-10H2,1-4H3. The number of rotatable bonds is 7. The SMILES string of the molecule is CCc1nn(CC)c(CN(CC)CC(C)C#N)c1Br. The zero-order valence-electron chi connectivity index (χ0n) is 12.3. The molecule has 0 spiro atoms. The molecule has 0 saturated heterocycles. The Bertz CT molecular complexity index is 447. The van der Waals surface area contributed by atoms with Crippen LogP contribution in [-0.2, 0) is 19.5 Å². The van der Waals surface area contributed by atoms with E-state index in [0.717, 1.165) is 42.8 Å². The van der Waals surface area contributed by atoms with Crippen LogP contribution in [0.15, 0.2) is 4.47 Å². The third kappa shape index (κ3) is 4.05. The van der Waals surface area contributed by atoms with Crippen molar-refractivity contribution in [2.75, 3.05) is 13.1 Å². The lowest BCUT2D eigenvalue weighted by Crippen LogP contribution is -2.28. The fourth-order valence-corrected chi connectivity index (χ4v) is 2.80. The molecule has 1 aromatic rings. The van der Waals surface area contributed by atoms with Gasteiger partial charge in [0.1, 0.15) is 0 Å². The normalized spacial score (nSPS) is 12.7. The Morgan fingerprint density at radius 2 is 2.11 bits per heavy atom. The minimum absolute atomic E-state index is 0.0577. The van der Waals surface area contributed by atoms with E-state index in [-0.39, 0.29) is 5.92 Å². The second-order valence-electron chi connectivity index (χ2n) is 4.73.